The summed E-state index contributed by atoms with van der Waals surface area (Å²) in [6, 6.07) is 50.2. The van der Waals surface area contributed by atoms with Gasteiger partial charge >= 0.3 is 0 Å². The predicted molar refractivity (Wildman–Crippen MR) is 287 cm³/mol. The van der Waals surface area contributed by atoms with Gasteiger partial charge in [0.2, 0.25) is 0 Å². The molecule has 7 aromatic carbocycles. The number of para-hydroxylation sites is 2. The van der Waals surface area contributed by atoms with Gasteiger partial charge in [0, 0.05) is 47.7 Å². The van der Waals surface area contributed by atoms with Crippen LogP contribution in [-0.2, 0) is 30.9 Å². The van der Waals surface area contributed by atoms with Crippen molar-refractivity contribution in [3.63, 3.8) is 0 Å². The van der Waals surface area contributed by atoms with E-state index < -0.39 is 6.85 Å². The van der Waals surface area contributed by atoms with Crippen molar-refractivity contribution in [2.45, 2.75) is 98.8 Å². The number of imidazole rings is 1. The van der Waals surface area contributed by atoms with Crippen LogP contribution in [0, 0.1) is 19.0 Å². The number of aryl methyl sites for hydroxylation is 1. The molecule has 4 aromatic heterocycles. The molecule has 1 radical (unpaired) electrons. The second-order valence-corrected chi connectivity index (χ2v) is 20.8. The first-order valence-corrected chi connectivity index (χ1v) is 23.9. The van der Waals surface area contributed by atoms with Crippen molar-refractivity contribution in [3.05, 3.63) is 186 Å². The number of aromatic nitrogens is 5. The summed E-state index contributed by atoms with van der Waals surface area (Å²) in [7, 11) is 0. The summed E-state index contributed by atoms with van der Waals surface area (Å²) in [5.41, 5.74) is 12.7. The van der Waals surface area contributed by atoms with E-state index in [9.17, 15) is 0 Å². The molecule has 0 bridgehead atoms. The summed E-state index contributed by atoms with van der Waals surface area (Å²) < 4.78 is 34.8. The fourth-order valence-corrected chi connectivity index (χ4v) is 9.27. The van der Waals surface area contributed by atoms with E-state index in [1.165, 1.54) is 22.3 Å². The Morgan fingerprint density at radius 2 is 1.30 bits per heavy atom. The molecule has 353 valence electrons. The normalized spacial score (nSPS) is 12.9. The van der Waals surface area contributed by atoms with Crippen LogP contribution >= 0.6 is 0 Å². The summed E-state index contributed by atoms with van der Waals surface area (Å²) in [4.78, 5) is 18.6. The molecule has 0 aliphatic heterocycles. The average molecular weight is 1100 g/mol. The Bertz CT molecular complexity index is 3720. The molecular formula is C63H59IrN5O-2. The van der Waals surface area contributed by atoms with Gasteiger partial charge in [-0.05, 0) is 114 Å². The third kappa shape index (κ3) is 8.98. The van der Waals surface area contributed by atoms with E-state index in [0.717, 1.165) is 60.5 Å². The molecule has 11 rings (SSSR count). The van der Waals surface area contributed by atoms with Crippen LogP contribution in [0.15, 0.2) is 150 Å². The van der Waals surface area contributed by atoms with Gasteiger partial charge < -0.3 is 14.0 Å². The Morgan fingerprint density at radius 3 is 1.96 bits per heavy atom. The minimum atomic E-state index is -2.38. The van der Waals surface area contributed by atoms with Gasteiger partial charge in [0.25, 0.3) is 0 Å². The zero-order chi connectivity index (χ0) is 50.9. The maximum absolute atomic E-state index is 8.57. The van der Waals surface area contributed by atoms with E-state index in [0.29, 0.717) is 33.8 Å². The SMILES string of the molecule is CC(C)(C)c1cnc(-c2[c-]cc(C(C)(C)C)nc2)nc1.[2H]C([2H])([2H])c1c[c-]c(-c2nc3ccccc3n2-c2c(C(C)C)cc(-c3ccccc3)cc2C(C)C)c2oc3cc4c(ccc5ccccc54)cc3c12.[Ir]. The van der Waals surface area contributed by atoms with E-state index in [-0.39, 0.29) is 48.3 Å². The largest absolute Gasteiger partial charge is 0.501 e. The van der Waals surface area contributed by atoms with Gasteiger partial charge in [0.1, 0.15) is 5.58 Å². The summed E-state index contributed by atoms with van der Waals surface area (Å²) >= 11 is 0. The minimum absolute atomic E-state index is 0. The van der Waals surface area contributed by atoms with Gasteiger partial charge in [-0.3, -0.25) is 15.0 Å². The fraction of sp³-hybridized carbons (Fsp3) is 0.238. The van der Waals surface area contributed by atoms with Gasteiger partial charge in [-0.1, -0.05) is 178 Å². The van der Waals surface area contributed by atoms with Crippen LogP contribution in [0.5, 0.6) is 0 Å². The topological polar surface area (TPSA) is 69.6 Å². The molecule has 6 nitrogen and oxygen atoms in total. The van der Waals surface area contributed by atoms with E-state index in [1.54, 1.807) is 12.3 Å². The Kier molecular flexibility index (Phi) is 12.0. The molecule has 0 saturated heterocycles. The van der Waals surface area contributed by atoms with Crippen molar-refractivity contribution >= 4 is 54.5 Å². The molecule has 0 atom stereocenters. The first-order chi connectivity index (χ1) is 34.3. The van der Waals surface area contributed by atoms with E-state index in [1.807, 2.05) is 54.9 Å². The number of hydrogen-bond acceptors (Lipinski definition) is 5. The van der Waals surface area contributed by atoms with E-state index in [2.05, 4.69) is 180 Å². The first-order valence-electron chi connectivity index (χ1n) is 25.4. The predicted octanol–water partition coefficient (Wildman–Crippen LogP) is 16.9. The van der Waals surface area contributed by atoms with Crippen molar-refractivity contribution in [1.29, 1.82) is 0 Å². The Morgan fingerprint density at radius 1 is 0.629 bits per heavy atom. The van der Waals surface area contributed by atoms with Crippen LogP contribution in [0.1, 0.15) is 113 Å². The summed E-state index contributed by atoms with van der Waals surface area (Å²) in [6.45, 7) is 19.4. The maximum atomic E-state index is 8.57. The van der Waals surface area contributed by atoms with Crippen molar-refractivity contribution in [2.24, 2.45) is 0 Å². The second kappa shape index (κ2) is 18.8. The molecule has 11 aromatic rings. The number of fused-ring (bicyclic) bond motifs is 7. The average Bonchev–Trinajstić information content (AvgIpc) is 3.93. The molecule has 0 saturated carbocycles. The molecule has 0 fully saturated rings. The van der Waals surface area contributed by atoms with Gasteiger partial charge in [0.15, 0.2) is 0 Å². The van der Waals surface area contributed by atoms with Gasteiger partial charge in [-0.15, -0.1) is 29.8 Å². The van der Waals surface area contributed by atoms with Crippen LogP contribution in [-0.4, -0.2) is 24.5 Å². The van der Waals surface area contributed by atoms with Gasteiger partial charge in [-0.25, -0.2) is 0 Å². The van der Waals surface area contributed by atoms with E-state index >= 15 is 0 Å². The quantitative estimate of drug-likeness (QED) is 0.123. The fourth-order valence-electron chi connectivity index (χ4n) is 9.27. The molecule has 0 aliphatic carbocycles. The Hall–Kier alpha value is -6.79. The number of pyridine rings is 1. The molecule has 0 N–H and O–H groups in total. The Balaban J connectivity index is 0.000000264. The minimum Gasteiger partial charge on any atom is -0.501 e. The molecule has 0 spiro atoms. The van der Waals surface area contributed by atoms with Crippen molar-refractivity contribution in [2.75, 3.05) is 0 Å². The smallest absolute Gasteiger partial charge is 0.121 e. The molecule has 7 heteroatoms. The summed E-state index contributed by atoms with van der Waals surface area (Å²) in [6.07, 6.45) is 5.56. The monoisotopic (exact) mass is 1100 g/mol. The molecular weight excluding hydrogens is 1030 g/mol. The second-order valence-electron chi connectivity index (χ2n) is 20.8. The number of hydrogen-bond donors (Lipinski definition) is 0. The number of nitrogens with zero attached hydrogens (tertiary/aromatic N) is 5. The maximum Gasteiger partial charge on any atom is 0.121 e. The van der Waals surface area contributed by atoms with Crippen LogP contribution < -0.4 is 0 Å². The third-order valence-electron chi connectivity index (χ3n) is 13.2. The Labute approximate surface area is 429 Å². The zero-order valence-electron chi connectivity index (χ0n) is 44.5. The number of furan rings is 1. The number of rotatable bonds is 6. The molecule has 0 amide bonds. The first kappa shape index (κ1) is 44.4. The van der Waals surface area contributed by atoms with Crippen molar-refractivity contribution in [3.8, 4) is 39.6 Å². The van der Waals surface area contributed by atoms with Crippen LogP contribution in [0.2, 0.25) is 0 Å². The zero-order valence-corrected chi connectivity index (χ0v) is 43.9. The third-order valence-corrected chi connectivity index (χ3v) is 13.2. The van der Waals surface area contributed by atoms with E-state index in [4.69, 9.17) is 13.5 Å². The van der Waals surface area contributed by atoms with Crippen molar-refractivity contribution in [1.82, 2.24) is 24.5 Å². The molecule has 4 heterocycles. The summed E-state index contributed by atoms with van der Waals surface area (Å²) in [5.74, 6) is 1.72. The molecule has 0 aliphatic rings. The van der Waals surface area contributed by atoms with Gasteiger partial charge in [-0.2, -0.15) is 0 Å². The number of benzene rings is 7. The van der Waals surface area contributed by atoms with Gasteiger partial charge in [0.05, 0.1) is 28.3 Å². The molecule has 70 heavy (non-hydrogen) atoms. The van der Waals surface area contributed by atoms with Crippen LogP contribution in [0.25, 0.3) is 94.1 Å². The standard InChI is InChI=1S/C46H37N2O.C17H22N3.Ir/c1-27(2)36-24-33(30-13-7-6-8-14-30)25-37(28(3)4)44(36)48-41-18-12-11-17-40(41)47-46(48)35-22-19-29(5)43-39-23-32-21-20-31-15-9-10-16-34(31)38(32)26-42(39)49-45(35)43;1-16(2,3)13-10-19-15(20-11-13)12-7-8-14(18-9-12)17(4,5)6;/h6-21,23-28H,1-5H3;8-11H,1-6H3;/q2*-1;/i5D3;;. The van der Waals surface area contributed by atoms with Crippen LogP contribution in [0.4, 0.5) is 0 Å². The van der Waals surface area contributed by atoms with Crippen LogP contribution in [0.3, 0.4) is 0 Å². The molecule has 0 unspecified atom stereocenters. The van der Waals surface area contributed by atoms with Crippen molar-refractivity contribution < 1.29 is 28.6 Å². The summed E-state index contributed by atoms with van der Waals surface area (Å²) in [5, 5.41) is 5.67.